The molecule has 2 N–H and O–H groups in total. The average Bonchev–Trinajstić information content (AvgIpc) is 3.07. The number of aromatic nitrogens is 5. The molecule has 1 fully saturated rings. The van der Waals surface area contributed by atoms with Gasteiger partial charge in [-0.25, -0.2) is 4.98 Å². The van der Waals surface area contributed by atoms with Crippen molar-refractivity contribution in [2.45, 2.75) is 37.8 Å². The summed E-state index contributed by atoms with van der Waals surface area (Å²) in [5.41, 5.74) is 2.15. The molecule has 8 nitrogen and oxygen atoms in total. The molecule has 8 heteroatoms. The molecule has 130 valence electrons. The van der Waals surface area contributed by atoms with Crippen LogP contribution in [0.15, 0.2) is 30.5 Å². The molecule has 25 heavy (non-hydrogen) atoms. The first-order chi connectivity index (χ1) is 12.2. The van der Waals surface area contributed by atoms with Gasteiger partial charge in [0.25, 0.3) is 0 Å². The monoisotopic (exact) mass is 340 g/mol. The van der Waals surface area contributed by atoms with Crippen LogP contribution in [-0.2, 0) is 0 Å². The van der Waals surface area contributed by atoms with E-state index in [1.807, 2.05) is 24.3 Å². The molecule has 1 saturated carbocycles. The van der Waals surface area contributed by atoms with Crippen molar-refractivity contribution in [1.29, 1.82) is 0 Å². The molecule has 0 aliphatic heterocycles. The number of methoxy groups -OCH3 is 1. The van der Waals surface area contributed by atoms with Gasteiger partial charge >= 0.3 is 0 Å². The lowest BCUT2D eigenvalue weighted by atomic mass is 9.93. The van der Waals surface area contributed by atoms with Gasteiger partial charge in [-0.2, -0.15) is 9.67 Å². The molecule has 3 aromatic rings. The summed E-state index contributed by atoms with van der Waals surface area (Å²) < 4.78 is 6.87. The number of anilines is 1. The standard InChI is InChI=1S/C17H20N6O2/c1-25-14-8-4-12(5-9-14)23-16-15(21-22-23)10-18-17(20-16)19-11-2-6-13(24)7-3-11/h4-5,8-11,13,24H,2-3,6-7H2,1H3,(H,18,19,20)/t11-,13-. The quantitative estimate of drug-likeness (QED) is 0.749. The zero-order valence-corrected chi connectivity index (χ0v) is 14.0. The lowest BCUT2D eigenvalue weighted by molar-refractivity contribution is 0.126. The Labute approximate surface area is 144 Å². The van der Waals surface area contributed by atoms with E-state index in [4.69, 9.17) is 4.74 Å². The van der Waals surface area contributed by atoms with Crippen molar-refractivity contribution in [1.82, 2.24) is 25.0 Å². The number of aliphatic hydroxyl groups is 1. The minimum absolute atomic E-state index is 0.179. The van der Waals surface area contributed by atoms with Gasteiger partial charge in [0.15, 0.2) is 11.2 Å². The largest absolute Gasteiger partial charge is 0.497 e. The van der Waals surface area contributed by atoms with E-state index in [-0.39, 0.29) is 12.1 Å². The molecule has 0 atom stereocenters. The Balaban J connectivity index is 1.60. The van der Waals surface area contributed by atoms with Gasteiger partial charge in [0.2, 0.25) is 5.95 Å². The van der Waals surface area contributed by atoms with Gasteiger partial charge in [0, 0.05) is 6.04 Å². The highest BCUT2D eigenvalue weighted by molar-refractivity contribution is 5.72. The molecule has 0 radical (unpaired) electrons. The number of rotatable bonds is 4. The van der Waals surface area contributed by atoms with E-state index in [2.05, 4.69) is 25.6 Å². The second kappa shape index (κ2) is 6.64. The van der Waals surface area contributed by atoms with E-state index in [0.717, 1.165) is 37.1 Å². The van der Waals surface area contributed by atoms with Crippen LogP contribution < -0.4 is 10.1 Å². The Morgan fingerprint density at radius 1 is 1.16 bits per heavy atom. The fourth-order valence-electron chi connectivity index (χ4n) is 3.10. The predicted molar refractivity (Wildman–Crippen MR) is 92.9 cm³/mol. The average molecular weight is 340 g/mol. The van der Waals surface area contributed by atoms with Gasteiger partial charge in [-0.1, -0.05) is 5.21 Å². The van der Waals surface area contributed by atoms with Crippen LogP contribution in [-0.4, -0.2) is 49.3 Å². The fourth-order valence-corrected chi connectivity index (χ4v) is 3.10. The molecule has 1 aliphatic rings. The van der Waals surface area contributed by atoms with E-state index < -0.39 is 0 Å². The highest BCUT2D eigenvalue weighted by Gasteiger charge is 2.20. The molecule has 1 aromatic carbocycles. The summed E-state index contributed by atoms with van der Waals surface area (Å²) in [5, 5.41) is 21.3. The third-order valence-electron chi connectivity index (χ3n) is 4.54. The van der Waals surface area contributed by atoms with E-state index in [0.29, 0.717) is 17.1 Å². The number of benzene rings is 1. The van der Waals surface area contributed by atoms with Crippen LogP contribution in [0.2, 0.25) is 0 Å². The van der Waals surface area contributed by atoms with Gasteiger partial charge in [-0.05, 0) is 49.9 Å². The van der Waals surface area contributed by atoms with Crippen molar-refractivity contribution in [3.8, 4) is 11.4 Å². The first-order valence-electron chi connectivity index (χ1n) is 8.40. The Morgan fingerprint density at radius 3 is 2.64 bits per heavy atom. The van der Waals surface area contributed by atoms with Crippen LogP contribution in [0.3, 0.4) is 0 Å². The van der Waals surface area contributed by atoms with Crippen molar-refractivity contribution < 1.29 is 9.84 Å². The Morgan fingerprint density at radius 2 is 1.92 bits per heavy atom. The molecule has 1 aliphatic carbocycles. The summed E-state index contributed by atoms with van der Waals surface area (Å²) in [4.78, 5) is 8.92. The SMILES string of the molecule is COc1ccc(-n2nnc3cnc(N[C@H]4CC[C@H](O)CC4)nc32)cc1. The molecular weight excluding hydrogens is 320 g/mol. The Bertz CT molecular complexity index is 855. The lowest BCUT2D eigenvalue weighted by Crippen LogP contribution is -2.28. The third kappa shape index (κ3) is 3.25. The summed E-state index contributed by atoms with van der Waals surface area (Å²) in [7, 11) is 1.63. The van der Waals surface area contributed by atoms with Gasteiger partial charge in [-0.3, -0.25) is 0 Å². The van der Waals surface area contributed by atoms with Crippen LogP contribution in [0, 0.1) is 0 Å². The van der Waals surface area contributed by atoms with E-state index in [1.54, 1.807) is 18.0 Å². The van der Waals surface area contributed by atoms with Gasteiger partial charge in [0.1, 0.15) is 5.75 Å². The van der Waals surface area contributed by atoms with Crippen molar-refractivity contribution in [3.05, 3.63) is 30.5 Å². The zero-order valence-electron chi connectivity index (χ0n) is 14.0. The molecule has 0 bridgehead atoms. The summed E-state index contributed by atoms with van der Waals surface area (Å²) in [6.45, 7) is 0. The number of aliphatic hydroxyl groups excluding tert-OH is 1. The number of hydrogen-bond acceptors (Lipinski definition) is 7. The summed E-state index contributed by atoms with van der Waals surface area (Å²) in [6.07, 6.45) is 4.95. The smallest absolute Gasteiger partial charge is 0.225 e. The maximum absolute atomic E-state index is 9.62. The molecule has 0 unspecified atom stereocenters. The maximum atomic E-state index is 9.62. The number of nitrogens with one attached hydrogen (secondary N) is 1. The first-order valence-corrected chi connectivity index (χ1v) is 8.40. The van der Waals surface area contributed by atoms with Crippen molar-refractivity contribution in [2.75, 3.05) is 12.4 Å². The third-order valence-corrected chi connectivity index (χ3v) is 4.54. The number of ether oxygens (including phenoxy) is 1. The summed E-state index contributed by atoms with van der Waals surface area (Å²) in [6, 6.07) is 7.84. The molecule has 0 spiro atoms. The normalized spacial score (nSPS) is 20.6. The topological polar surface area (TPSA) is 98.0 Å². The second-order valence-corrected chi connectivity index (χ2v) is 6.25. The molecule has 2 aromatic heterocycles. The zero-order chi connectivity index (χ0) is 17.2. The van der Waals surface area contributed by atoms with Crippen LogP contribution in [0.4, 0.5) is 5.95 Å². The molecule has 2 heterocycles. The summed E-state index contributed by atoms with van der Waals surface area (Å²) in [5.74, 6) is 1.34. The van der Waals surface area contributed by atoms with Crippen molar-refractivity contribution in [2.24, 2.45) is 0 Å². The fraction of sp³-hybridized carbons (Fsp3) is 0.412. The highest BCUT2D eigenvalue weighted by Crippen LogP contribution is 2.22. The number of fused-ring (bicyclic) bond motifs is 1. The van der Waals surface area contributed by atoms with E-state index in [1.165, 1.54) is 0 Å². The molecular formula is C17H20N6O2. The molecule has 0 saturated heterocycles. The van der Waals surface area contributed by atoms with Crippen LogP contribution in [0.1, 0.15) is 25.7 Å². The van der Waals surface area contributed by atoms with Gasteiger partial charge in [-0.15, -0.1) is 5.10 Å². The summed E-state index contributed by atoms with van der Waals surface area (Å²) >= 11 is 0. The maximum Gasteiger partial charge on any atom is 0.225 e. The second-order valence-electron chi connectivity index (χ2n) is 6.25. The first kappa shape index (κ1) is 15.8. The van der Waals surface area contributed by atoms with Gasteiger partial charge < -0.3 is 15.2 Å². The van der Waals surface area contributed by atoms with Crippen LogP contribution >= 0.6 is 0 Å². The Hall–Kier alpha value is -2.74. The van der Waals surface area contributed by atoms with Crippen LogP contribution in [0.5, 0.6) is 5.75 Å². The predicted octanol–water partition coefficient (Wildman–Crippen LogP) is 1.93. The van der Waals surface area contributed by atoms with E-state index >= 15 is 0 Å². The van der Waals surface area contributed by atoms with Gasteiger partial charge in [0.05, 0.1) is 25.1 Å². The van der Waals surface area contributed by atoms with Crippen molar-refractivity contribution >= 4 is 17.1 Å². The lowest BCUT2D eigenvalue weighted by Gasteiger charge is -2.26. The molecule has 4 rings (SSSR count). The minimum atomic E-state index is -0.179. The Kier molecular flexibility index (Phi) is 4.19. The minimum Gasteiger partial charge on any atom is -0.497 e. The van der Waals surface area contributed by atoms with Crippen molar-refractivity contribution in [3.63, 3.8) is 0 Å². The number of nitrogens with zero attached hydrogens (tertiary/aromatic N) is 5. The number of hydrogen-bond donors (Lipinski definition) is 2. The molecule has 0 amide bonds. The van der Waals surface area contributed by atoms with Crippen LogP contribution in [0.25, 0.3) is 16.9 Å². The highest BCUT2D eigenvalue weighted by atomic mass is 16.5. The van der Waals surface area contributed by atoms with E-state index in [9.17, 15) is 5.11 Å².